The van der Waals surface area contributed by atoms with Crippen LogP contribution >= 0.6 is 0 Å². The maximum absolute atomic E-state index is 13.4. The van der Waals surface area contributed by atoms with Crippen molar-refractivity contribution >= 4 is 22.6 Å². The fourth-order valence-corrected chi connectivity index (χ4v) is 3.63. The molecule has 0 aliphatic rings. The number of hydrogen-bond acceptors (Lipinski definition) is 3. The van der Waals surface area contributed by atoms with Crippen LogP contribution in [0.25, 0.3) is 11.0 Å². The number of anilines is 1. The molecule has 0 aliphatic heterocycles. The highest BCUT2D eigenvalue weighted by atomic mass is 16.5. The number of carbonyl (C=O) groups is 1. The van der Waals surface area contributed by atoms with Crippen molar-refractivity contribution in [1.82, 2.24) is 9.55 Å². The predicted molar refractivity (Wildman–Crippen MR) is 114 cm³/mol. The van der Waals surface area contributed by atoms with Crippen LogP contribution in [0.4, 0.5) is 5.69 Å². The van der Waals surface area contributed by atoms with Crippen molar-refractivity contribution in [1.29, 1.82) is 0 Å². The first kappa shape index (κ1) is 20.1. The Hall–Kier alpha value is -2.66. The summed E-state index contributed by atoms with van der Waals surface area (Å²) in [7, 11) is 0. The van der Waals surface area contributed by atoms with Gasteiger partial charge < -0.3 is 9.30 Å². The van der Waals surface area contributed by atoms with Gasteiger partial charge in [0.05, 0.1) is 16.7 Å². The van der Waals surface area contributed by atoms with Crippen LogP contribution in [0, 0.1) is 6.92 Å². The van der Waals surface area contributed by atoms with E-state index in [4.69, 9.17) is 9.72 Å². The number of rotatable bonds is 8. The maximum Gasteiger partial charge on any atom is 0.248 e. The first-order valence-electron chi connectivity index (χ1n) is 10.0. The highest BCUT2D eigenvalue weighted by Crippen LogP contribution is 2.27. The van der Waals surface area contributed by atoms with Gasteiger partial charge in [0.25, 0.3) is 0 Å². The highest BCUT2D eigenvalue weighted by molar-refractivity contribution is 5.95. The number of aromatic nitrogens is 2. The molecule has 5 heteroatoms. The second-order valence-electron chi connectivity index (χ2n) is 6.84. The molecule has 1 aromatic heterocycles. The molecule has 5 nitrogen and oxygen atoms in total. The van der Waals surface area contributed by atoms with Crippen molar-refractivity contribution in [2.24, 2.45) is 0 Å². The lowest BCUT2D eigenvalue weighted by Gasteiger charge is -2.27. The van der Waals surface area contributed by atoms with E-state index in [9.17, 15) is 4.79 Å². The van der Waals surface area contributed by atoms with E-state index in [2.05, 4.69) is 19.9 Å². The topological polar surface area (TPSA) is 47.4 Å². The molecule has 0 fully saturated rings. The summed E-state index contributed by atoms with van der Waals surface area (Å²) >= 11 is 0. The third-order valence-corrected chi connectivity index (χ3v) is 5.04. The Labute approximate surface area is 166 Å². The van der Waals surface area contributed by atoms with Gasteiger partial charge in [-0.1, -0.05) is 44.2 Å². The summed E-state index contributed by atoms with van der Waals surface area (Å²) in [4.78, 5) is 19.9. The number of nitrogens with zero attached hydrogens (tertiary/aromatic N) is 3. The number of ether oxygens (including phenoxy) is 1. The van der Waals surface area contributed by atoms with Crippen LogP contribution in [0.3, 0.4) is 0 Å². The third kappa shape index (κ3) is 3.94. The van der Waals surface area contributed by atoms with Gasteiger partial charge in [-0.25, -0.2) is 4.98 Å². The van der Waals surface area contributed by atoms with E-state index in [0.717, 1.165) is 46.5 Å². The Kier molecular flexibility index (Phi) is 6.47. The number of para-hydroxylation sites is 3. The minimum Gasteiger partial charge on any atom is -0.361 e. The normalized spacial score (nSPS) is 11.1. The largest absolute Gasteiger partial charge is 0.361 e. The van der Waals surface area contributed by atoms with Crippen LogP contribution in [0.5, 0.6) is 0 Å². The maximum atomic E-state index is 13.4. The van der Waals surface area contributed by atoms with Gasteiger partial charge >= 0.3 is 0 Å². The van der Waals surface area contributed by atoms with E-state index in [-0.39, 0.29) is 19.2 Å². The SMILES string of the molecule is CCOCN(C(=O)Cn1c(CC)nc2ccccc21)c1c(C)cccc1CC. The molecular weight excluding hydrogens is 350 g/mol. The summed E-state index contributed by atoms with van der Waals surface area (Å²) in [6, 6.07) is 14.1. The molecule has 0 spiro atoms. The lowest BCUT2D eigenvalue weighted by Crippen LogP contribution is -2.37. The number of fused-ring (bicyclic) bond motifs is 1. The molecule has 0 atom stereocenters. The summed E-state index contributed by atoms with van der Waals surface area (Å²) in [6.07, 6.45) is 1.64. The fourth-order valence-electron chi connectivity index (χ4n) is 3.63. The van der Waals surface area contributed by atoms with E-state index in [1.165, 1.54) is 0 Å². The van der Waals surface area contributed by atoms with Crippen molar-refractivity contribution in [2.75, 3.05) is 18.2 Å². The van der Waals surface area contributed by atoms with Crippen LogP contribution in [-0.4, -0.2) is 28.8 Å². The molecule has 148 valence electrons. The molecule has 0 bridgehead atoms. The number of hydrogen-bond donors (Lipinski definition) is 0. The smallest absolute Gasteiger partial charge is 0.248 e. The Morgan fingerprint density at radius 2 is 1.86 bits per heavy atom. The van der Waals surface area contributed by atoms with E-state index in [0.29, 0.717) is 6.61 Å². The lowest BCUT2D eigenvalue weighted by atomic mass is 10.0. The third-order valence-electron chi connectivity index (χ3n) is 5.04. The number of amides is 1. The zero-order valence-corrected chi connectivity index (χ0v) is 17.2. The van der Waals surface area contributed by atoms with E-state index >= 15 is 0 Å². The molecule has 0 radical (unpaired) electrons. The average Bonchev–Trinajstić information content (AvgIpc) is 3.06. The standard InChI is InChI=1S/C23H29N3O2/c1-5-18-12-10-11-17(4)23(18)26(16-28-7-3)22(27)15-25-20-14-9-8-13-19(20)24-21(25)6-2/h8-14H,5-7,15-16H2,1-4H3. The molecule has 28 heavy (non-hydrogen) atoms. The predicted octanol–water partition coefficient (Wildman–Crippen LogP) is 4.50. The summed E-state index contributed by atoms with van der Waals surface area (Å²) < 4.78 is 7.70. The van der Waals surface area contributed by atoms with E-state index in [1.54, 1.807) is 4.90 Å². The van der Waals surface area contributed by atoms with Gasteiger partial charge in [0.2, 0.25) is 5.91 Å². The van der Waals surface area contributed by atoms with E-state index in [1.807, 2.05) is 54.8 Å². The Morgan fingerprint density at radius 1 is 1.07 bits per heavy atom. The Balaban J connectivity index is 2.00. The summed E-state index contributed by atoms with van der Waals surface area (Å²) in [6.45, 7) is 9.22. The van der Waals surface area contributed by atoms with Crippen molar-refractivity contribution in [3.8, 4) is 0 Å². The Bertz CT molecular complexity index is 962. The molecule has 1 heterocycles. The van der Waals surface area contributed by atoms with Crippen LogP contribution < -0.4 is 4.90 Å². The van der Waals surface area contributed by atoms with E-state index < -0.39 is 0 Å². The molecular formula is C23H29N3O2. The van der Waals surface area contributed by atoms with Crippen molar-refractivity contribution in [3.05, 3.63) is 59.4 Å². The van der Waals surface area contributed by atoms with Crippen molar-refractivity contribution in [3.63, 3.8) is 0 Å². The van der Waals surface area contributed by atoms with Crippen LogP contribution in [0.2, 0.25) is 0 Å². The lowest BCUT2D eigenvalue weighted by molar-refractivity contribution is -0.120. The molecule has 3 aromatic rings. The highest BCUT2D eigenvalue weighted by Gasteiger charge is 2.22. The molecule has 2 aromatic carbocycles. The van der Waals surface area contributed by atoms with Gasteiger partial charge in [-0.15, -0.1) is 0 Å². The summed E-state index contributed by atoms with van der Waals surface area (Å²) in [5, 5.41) is 0. The number of benzene rings is 2. The van der Waals surface area contributed by atoms with Gasteiger partial charge in [-0.3, -0.25) is 9.69 Å². The second kappa shape index (κ2) is 9.02. The molecule has 0 aliphatic carbocycles. The van der Waals surface area contributed by atoms with Crippen molar-refractivity contribution < 1.29 is 9.53 Å². The van der Waals surface area contributed by atoms with Gasteiger partial charge in [-0.2, -0.15) is 0 Å². The monoisotopic (exact) mass is 379 g/mol. The fraction of sp³-hybridized carbons (Fsp3) is 0.391. The Morgan fingerprint density at radius 3 is 2.57 bits per heavy atom. The quantitative estimate of drug-likeness (QED) is 0.542. The van der Waals surface area contributed by atoms with Gasteiger partial charge in [-0.05, 0) is 43.5 Å². The number of carbonyl (C=O) groups excluding carboxylic acids is 1. The number of aryl methyl sites for hydroxylation is 3. The summed E-state index contributed by atoms with van der Waals surface area (Å²) in [5.74, 6) is 0.932. The van der Waals surface area contributed by atoms with Gasteiger partial charge in [0.1, 0.15) is 19.1 Å². The average molecular weight is 380 g/mol. The van der Waals surface area contributed by atoms with Crippen LogP contribution in [0.15, 0.2) is 42.5 Å². The minimum atomic E-state index is 0.00954. The zero-order chi connectivity index (χ0) is 20.1. The van der Waals surface area contributed by atoms with Gasteiger partial charge in [0, 0.05) is 13.0 Å². The minimum absolute atomic E-state index is 0.00954. The molecule has 0 N–H and O–H groups in total. The number of imidazole rings is 1. The van der Waals surface area contributed by atoms with Crippen molar-refractivity contribution in [2.45, 2.75) is 47.1 Å². The summed E-state index contributed by atoms with van der Waals surface area (Å²) in [5.41, 5.74) is 5.11. The first-order chi connectivity index (χ1) is 13.6. The van der Waals surface area contributed by atoms with Crippen LogP contribution in [-0.2, 0) is 28.9 Å². The molecule has 1 amide bonds. The molecule has 0 saturated carbocycles. The molecule has 3 rings (SSSR count). The molecule has 0 saturated heterocycles. The van der Waals surface area contributed by atoms with Gasteiger partial charge in [0.15, 0.2) is 0 Å². The zero-order valence-electron chi connectivity index (χ0n) is 17.2. The second-order valence-corrected chi connectivity index (χ2v) is 6.84. The first-order valence-corrected chi connectivity index (χ1v) is 10.0. The molecule has 0 unspecified atom stereocenters. The van der Waals surface area contributed by atoms with Crippen LogP contribution in [0.1, 0.15) is 37.7 Å².